The van der Waals surface area contributed by atoms with Crippen LogP contribution in [0.5, 0.6) is 0 Å². The molecule has 2 N–H and O–H groups in total. The Bertz CT molecular complexity index is 387. The van der Waals surface area contributed by atoms with E-state index in [-0.39, 0.29) is 0 Å². The zero-order chi connectivity index (χ0) is 16.4. The van der Waals surface area contributed by atoms with Gasteiger partial charge in [0, 0.05) is 0 Å². The van der Waals surface area contributed by atoms with Gasteiger partial charge in [0.2, 0.25) is 0 Å². The molecule has 120 valence electrons. The molecule has 0 heterocycles. The molecule has 0 amide bonds. The molecule has 0 saturated heterocycles. The van der Waals surface area contributed by atoms with Crippen LogP contribution >= 0.6 is 7.60 Å². The molecule has 0 aliphatic rings. The van der Waals surface area contributed by atoms with Gasteiger partial charge in [-0.25, -0.2) is 0 Å². The van der Waals surface area contributed by atoms with Gasteiger partial charge < -0.3 is 14.5 Å². The Morgan fingerprint density at radius 3 is 1.65 bits per heavy atom. The molecule has 0 fully saturated rings. The van der Waals surface area contributed by atoms with Crippen LogP contribution in [0.2, 0.25) is 0 Å². The lowest BCUT2D eigenvalue weighted by molar-refractivity contribution is -0.183. The minimum absolute atomic E-state index is 0.724. The largest absolute Gasteiger partial charge is 0.480 e. The predicted molar refractivity (Wildman–Crippen MR) is 53.2 cm³/mol. The Morgan fingerprint density at radius 1 is 1.10 bits per heavy atom. The van der Waals surface area contributed by atoms with Crippen molar-refractivity contribution in [2.45, 2.75) is 37.3 Å². The monoisotopic (exact) mass is 332 g/mol. The number of alkyl halides is 6. The Kier molecular flexibility index (Phi) is 5.67. The van der Waals surface area contributed by atoms with Crippen molar-refractivity contribution in [3.63, 3.8) is 0 Å². The van der Waals surface area contributed by atoms with Crippen molar-refractivity contribution in [2.75, 3.05) is 6.61 Å². The fourth-order valence-electron chi connectivity index (χ4n) is 1.50. The molecule has 0 rings (SSSR count). The molecule has 0 aromatic heterocycles. The Hall–Kier alpha value is -0.800. The van der Waals surface area contributed by atoms with Gasteiger partial charge in [-0.2, -0.15) is 26.3 Å². The highest BCUT2D eigenvalue weighted by atomic mass is 31.2. The van der Waals surface area contributed by atoms with Crippen molar-refractivity contribution in [1.29, 1.82) is 0 Å². The number of aliphatic carboxylic acids is 1. The molecule has 0 saturated carbocycles. The van der Waals surface area contributed by atoms with E-state index in [0.29, 0.717) is 0 Å². The summed E-state index contributed by atoms with van der Waals surface area (Å²) in [6.45, 7) is 0.301. The second kappa shape index (κ2) is 5.90. The van der Waals surface area contributed by atoms with Gasteiger partial charge >= 0.3 is 25.9 Å². The van der Waals surface area contributed by atoms with Gasteiger partial charge in [0.25, 0.3) is 0 Å². The summed E-state index contributed by atoms with van der Waals surface area (Å²) in [5.74, 6) is -2.70. The van der Waals surface area contributed by atoms with Gasteiger partial charge in [-0.3, -0.25) is 9.36 Å². The molecule has 1 unspecified atom stereocenters. The van der Waals surface area contributed by atoms with Crippen LogP contribution in [0.4, 0.5) is 26.3 Å². The molecule has 0 aliphatic carbocycles. The molecule has 0 bridgehead atoms. The molecular formula is C8H11F6O5P. The normalized spacial score (nSPS) is 16.8. The van der Waals surface area contributed by atoms with Crippen LogP contribution in [-0.2, 0) is 13.9 Å². The fourth-order valence-corrected chi connectivity index (χ4v) is 3.09. The third-order valence-electron chi connectivity index (χ3n) is 2.23. The van der Waals surface area contributed by atoms with Crippen molar-refractivity contribution in [3.8, 4) is 0 Å². The van der Waals surface area contributed by atoms with E-state index in [1.807, 2.05) is 0 Å². The summed E-state index contributed by atoms with van der Waals surface area (Å²) in [4.78, 5) is 20.2. The number of carboxylic acid groups (broad SMARTS) is 1. The highest BCUT2D eigenvalue weighted by molar-refractivity contribution is 7.55. The highest BCUT2D eigenvalue weighted by Crippen LogP contribution is 2.62. The standard InChI is InChI=1S/C8H11F6O5P/c1-2-19-20(17,18)6(5(15)16,3-7(9,10)11)4-8(12,13)14/h2-4H2,1H3,(H,15,16)(H,17,18). The summed E-state index contributed by atoms with van der Waals surface area (Å²) in [5, 5.41) is 4.67. The first-order valence-electron chi connectivity index (χ1n) is 5.01. The lowest BCUT2D eigenvalue weighted by Crippen LogP contribution is -2.46. The lowest BCUT2D eigenvalue weighted by atomic mass is 9.99. The van der Waals surface area contributed by atoms with Crippen molar-refractivity contribution in [2.24, 2.45) is 0 Å². The molecule has 5 nitrogen and oxygen atoms in total. The Morgan fingerprint density at radius 2 is 1.45 bits per heavy atom. The molecule has 20 heavy (non-hydrogen) atoms. The summed E-state index contributed by atoms with van der Waals surface area (Å²) < 4.78 is 89.6. The SMILES string of the molecule is CCOP(=O)(O)C(CC(F)(F)F)(CC(F)(F)F)C(=O)O. The molecule has 0 aliphatic heterocycles. The summed E-state index contributed by atoms with van der Waals surface area (Å²) >= 11 is 0. The maximum Gasteiger partial charge on any atom is 0.390 e. The van der Waals surface area contributed by atoms with E-state index >= 15 is 0 Å². The summed E-state index contributed by atoms with van der Waals surface area (Å²) in [5.41, 5.74) is 0. The van der Waals surface area contributed by atoms with Crippen LogP contribution < -0.4 is 0 Å². The van der Waals surface area contributed by atoms with E-state index in [4.69, 9.17) is 5.11 Å². The second-order valence-corrected chi connectivity index (χ2v) is 6.01. The maximum absolute atomic E-state index is 12.3. The Labute approximate surface area is 109 Å². The minimum atomic E-state index is -5.72. The highest BCUT2D eigenvalue weighted by Gasteiger charge is 2.64. The van der Waals surface area contributed by atoms with Gasteiger partial charge in [-0.05, 0) is 6.92 Å². The number of carbonyl (C=O) groups is 1. The maximum atomic E-state index is 12.3. The zero-order valence-electron chi connectivity index (χ0n) is 9.96. The van der Waals surface area contributed by atoms with Crippen LogP contribution in [0, 0.1) is 0 Å². The first kappa shape index (κ1) is 19.2. The average Bonchev–Trinajstić information content (AvgIpc) is 2.10. The van der Waals surface area contributed by atoms with Gasteiger partial charge in [-0.15, -0.1) is 0 Å². The van der Waals surface area contributed by atoms with E-state index in [0.717, 1.165) is 6.92 Å². The van der Waals surface area contributed by atoms with E-state index in [1.54, 1.807) is 0 Å². The summed E-state index contributed by atoms with van der Waals surface area (Å²) in [6.07, 6.45) is -16.1. The molecule has 0 aromatic carbocycles. The molecule has 1 atom stereocenters. The third-order valence-corrected chi connectivity index (χ3v) is 4.43. The molecule has 12 heteroatoms. The lowest BCUT2D eigenvalue weighted by Gasteiger charge is -2.33. The van der Waals surface area contributed by atoms with Crippen molar-refractivity contribution in [3.05, 3.63) is 0 Å². The number of carboxylic acids is 1. The molecular weight excluding hydrogens is 321 g/mol. The van der Waals surface area contributed by atoms with Crippen LogP contribution in [0.1, 0.15) is 19.8 Å². The number of halogens is 6. The van der Waals surface area contributed by atoms with Gasteiger partial charge in [0.15, 0.2) is 5.16 Å². The van der Waals surface area contributed by atoms with Gasteiger partial charge in [0.05, 0.1) is 19.4 Å². The number of hydrogen-bond acceptors (Lipinski definition) is 3. The third kappa shape index (κ3) is 4.95. The van der Waals surface area contributed by atoms with E-state index in [9.17, 15) is 40.6 Å². The smallest absolute Gasteiger partial charge is 0.390 e. The molecule has 0 radical (unpaired) electrons. The fraction of sp³-hybridized carbons (Fsp3) is 0.875. The minimum Gasteiger partial charge on any atom is -0.480 e. The van der Waals surface area contributed by atoms with Crippen molar-refractivity contribution in [1.82, 2.24) is 0 Å². The van der Waals surface area contributed by atoms with Crippen molar-refractivity contribution < 1.29 is 50.2 Å². The Balaban J connectivity index is 5.95. The van der Waals surface area contributed by atoms with Crippen LogP contribution in [0.3, 0.4) is 0 Å². The average molecular weight is 332 g/mol. The van der Waals surface area contributed by atoms with E-state index < -0.39 is 50.5 Å². The summed E-state index contributed by atoms with van der Waals surface area (Å²) in [6, 6.07) is 0. The van der Waals surface area contributed by atoms with E-state index in [2.05, 4.69) is 4.52 Å². The quantitative estimate of drug-likeness (QED) is 0.577. The predicted octanol–water partition coefficient (Wildman–Crippen LogP) is 2.94. The van der Waals surface area contributed by atoms with Crippen molar-refractivity contribution >= 4 is 13.6 Å². The van der Waals surface area contributed by atoms with Crippen LogP contribution in [-0.4, -0.2) is 40.1 Å². The van der Waals surface area contributed by atoms with Crippen LogP contribution in [0.25, 0.3) is 0 Å². The van der Waals surface area contributed by atoms with Gasteiger partial charge in [0.1, 0.15) is 0 Å². The first-order valence-corrected chi connectivity index (χ1v) is 6.59. The molecule has 0 spiro atoms. The topological polar surface area (TPSA) is 83.8 Å². The van der Waals surface area contributed by atoms with E-state index in [1.165, 1.54) is 0 Å². The van der Waals surface area contributed by atoms with Crippen LogP contribution in [0.15, 0.2) is 0 Å². The second-order valence-electron chi connectivity index (χ2n) is 3.86. The zero-order valence-corrected chi connectivity index (χ0v) is 10.8. The summed E-state index contributed by atoms with van der Waals surface area (Å²) in [7, 11) is -5.72. The number of hydrogen-bond donors (Lipinski definition) is 2. The first-order chi connectivity index (χ1) is 8.67. The number of rotatable bonds is 6. The van der Waals surface area contributed by atoms with Gasteiger partial charge in [-0.1, -0.05) is 0 Å². The molecule has 0 aromatic rings.